The number of ether oxygens (including phenoxy) is 1. The average molecular weight is 293 g/mol. The first kappa shape index (κ1) is 14.4. The fraction of sp³-hybridized carbons (Fsp3) is 0.211. The molecule has 0 unspecified atom stereocenters. The van der Waals surface area contributed by atoms with E-state index in [1.165, 1.54) is 0 Å². The van der Waals surface area contributed by atoms with E-state index in [1.54, 1.807) is 17.7 Å². The molecule has 3 heteroatoms. The summed E-state index contributed by atoms with van der Waals surface area (Å²) in [5, 5.41) is 1.07. The molecule has 0 radical (unpaired) electrons. The van der Waals surface area contributed by atoms with Crippen molar-refractivity contribution in [2.24, 2.45) is 7.05 Å². The van der Waals surface area contributed by atoms with E-state index in [1.807, 2.05) is 48.5 Å². The molecule has 0 atom stereocenters. The quantitative estimate of drug-likeness (QED) is 0.728. The van der Waals surface area contributed by atoms with E-state index in [-0.39, 0.29) is 5.56 Å². The van der Waals surface area contributed by atoms with Crippen molar-refractivity contribution in [1.29, 1.82) is 0 Å². The van der Waals surface area contributed by atoms with Gasteiger partial charge in [-0.1, -0.05) is 37.3 Å². The third kappa shape index (κ3) is 2.62. The van der Waals surface area contributed by atoms with Crippen molar-refractivity contribution in [1.82, 2.24) is 4.57 Å². The van der Waals surface area contributed by atoms with Gasteiger partial charge in [-0.3, -0.25) is 4.79 Å². The van der Waals surface area contributed by atoms with Gasteiger partial charge in [0.25, 0.3) is 5.56 Å². The van der Waals surface area contributed by atoms with Crippen LogP contribution in [0.15, 0.2) is 59.4 Å². The average Bonchev–Trinajstić information content (AvgIpc) is 2.56. The number of para-hydroxylation sites is 1. The Morgan fingerprint density at radius 3 is 2.68 bits per heavy atom. The monoisotopic (exact) mass is 293 g/mol. The maximum Gasteiger partial charge on any atom is 0.251 e. The first-order chi connectivity index (χ1) is 10.7. The Hall–Kier alpha value is -2.55. The Labute approximate surface area is 129 Å². The zero-order valence-electron chi connectivity index (χ0n) is 12.9. The minimum atomic E-state index is -0.00594. The Morgan fingerprint density at radius 2 is 1.86 bits per heavy atom. The van der Waals surface area contributed by atoms with Gasteiger partial charge in [0.05, 0.1) is 12.1 Å². The predicted octanol–water partition coefficient (Wildman–Crippen LogP) is 3.99. The van der Waals surface area contributed by atoms with E-state index in [0.29, 0.717) is 6.61 Å². The lowest BCUT2D eigenvalue weighted by molar-refractivity contribution is 0.317. The predicted molar refractivity (Wildman–Crippen MR) is 90.4 cm³/mol. The molecule has 3 rings (SSSR count). The first-order valence-corrected chi connectivity index (χ1v) is 7.52. The van der Waals surface area contributed by atoms with Gasteiger partial charge in [0.2, 0.25) is 0 Å². The fourth-order valence-corrected chi connectivity index (χ4v) is 2.62. The lowest BCUT2D eigenvalue weighted by Crippen LogP contribution is -2.16. The Balaban J connectivity index is 2.18. The molecular formula is C19H19NO2. The highest BCUT2D eigenvalue weighted by atomic mass is 16.5. The summed E-state index contributed by atoms with van der Waals surface area (Å²) in [5.74, 6) is 0.837. The van der Waals surface area contributed by atoms with Crippen molar-refractivity contribution in [2.45, 2.75) is 13.3 Å². The van der Waals surface area contributed by atoms with Crippen molar-refractivity contribution in [2.75, 3.05) is 6.61 Å². The Kier molecular flexibility index (Phi) is 3.96. The normalized spacial score (nSPS) is 10.8. The van der Waals surface area contributed by atoms with E-state index in [4.69, 9.17) is 4.74 Å². The molecule has 1 aromatic heterocycles. The summed E-state index contributed by atoms with van der Waals surface area (Å²) >= 11 is 0. The van der Waals surface area contributed by atoms with Crippen LogP contribution >= 0.6 is 0 Å². The molecule has 0 saturated carbocycles. The van der Waals surface area contributed by atoms with Crippen LogP contribution in [0.1, 0.15) is 13.3 Å². The number of benzene rings is 2. The first-order valence-electron chi connectivity index (χ1n) is 7.52. The summed E-state index contributed by atoms with van der Waals surface area (Å²) in [6, 6.07) is 17.6. The van der Waals surface area contributed by atoms with Crippen molar-refractivity contribution < 1.29 is 4.74 Å². The van der Waals surface area contributed by atoms with Crippen LogP contribution in [0.2, 0.25) is 0 Å². The lowest BCUT2D eigenvalue weighted by Gasteiger charge is -2.11. The van der Waals surface area contributed by atoms with Crippen LogP contribution in [-0.2, 0) is 7.05 Å². The zero-order chi connectivity index (χ0) is 15.5. The van der Waals surface area contributed by atoms with Gasteiger partial charge in [-0.25, -0.2) is 0 Å². The summed E-state index contributed by atoms with van der Waals surface area (Å²) < 4.78 is 7.38. The number of pyridine rings is 1. The van der Waals surface area contributed by atoms with Crippen molar-refractivity contribution in [3.05, 3.63) is 65.0 Å². The van der Waals surface area contributed by atoms with E-state index < -0.39 is 0 Å². The van der Waals surface area contributed by atoms with Crippen LogP contribution < -0.4 is 10.3 Å². The van der Waals surface area contributed by atoms with Gasteiger partial charge in [-0.05, 0) is 35.7 Å². The van der Waals surface area contributed by atoms with Crippen LogP contribution in [0.3, 0.4) is 0 Å². The number of nitrogens with zero attached hydrogens (tertiary/aromatic N) is 1. The molecule has 0 bridgehead atoms. The third-order valence-corrected chi connectivity index (χ3v) is 3.77. The molecule has 0 aliphatic rings. The second-order valence-electron chi connectivity index (χ2n) is 5.35. The third-order valence-electron chi connectivity index (χ3n) is 3.77. The number of fused-ring (bicyclic) bond motifs is 1. The molecule has 0 N–H and O–H groups in total. The molecule has 1 heterocycles. The van der Waals surface area contributed by atoms with Gasteiger partial charge in [-0.15, -0.1) is 0 Å². The molecule has 22 heavy (non-hydrogen) atoms. The van der Waals surface area contributed by atoms with Gasteiger partial charge in [-0.2, -0.15) is 0 Å². The number of hydrogen-bond donors (Lipinski definition) is 0. The minimum absolute atomic E-state index is 0.00594. The van der Waals surface area contributed by atoms with Gasteiger partial charge in [0.15, 0.2) is 0 Å². The SMILES string of the molecule is CCCOc1cccc(-c2cc(=O)n(C)c3ccccc23)c1. The number of aromatic nitrogens is 1. The number of rotatable bonds is 4. The van der Waals surface area contributed by atoms with Crippen LogP contribution in [0, 0.1) is 0 Å². The molecule has 3 aromatic rings. The molecule has 0 saturated heterocycles. The van der Waals surface area contributed by atoms with Crippen LogP contribution in [0.25, 0.3) is 22.0 Å². The largest absolute Gasteiger partial charge is 0.494 e. The summed E-state index contributed by atoms with van der Waals surface area (Å²) in [6.07, 6.45) is 0.971. The van der Waals surface area contributed by atoms with Crippen molar-refractivity contribution in [3.63, 3.8) is 0 Å². The van der Waals surface area contributed by atoms with Gasteiger partial charge in [0.1, 0.15) is 5.75 Å². The Morgan fingerprint density at radius 1 is 1.05 bits per heavy atom. The molecule has 2 aromatic carbocycles. The zero-order valence-corrected chi connectivity index (χ0v) is 12.9. The molecule has 0 aliphatic heterocycles. The van der Waals surface area contributed by atoms with Crippen LogP contribution in [0.5, 0.6) is 5.75 Å². The maximum absolute atomic E-state index is 12.2. The number of hydrogen-bond acceptors (Lipinski definition) is 2. The smallest absolute Gasteiger partial charge is 0.251 e. The minimum Gasteiger partial charge on any atom is -0.494 e. The maximum atomic E-state index is 12.2. The highest BCUT2D eigenvalue weighted by Gasteiger charge is 2.09. The van der Waals surface area contributed by atoms with E-state index in [9.17, 15) is 4.79 Å². The van der Waals surface area contributed by atoms with E-state index in [2.05, 4.69) is 6.92 Å². The van der Waals surface area contributed by atoms with Gasteiger partial charge < -0.3 is 9.30 Å². The second-order valence-corrected chi connectivity index (χ2v) is 5.35. The summed E-state index contributed by atoms with van der Waals surface area (Å²) in [4.78, 5) is 12.2. The molecule has 0 spiro atoms. The van der Waals surface area contributed by atoms with E-state index in [0.717, 1.165) is 34.2 Å². The van der Waals surface area contributed by atoms with Gasteiger partial charge >= 0.3 is 0 Å². The summed E-state index contributed by atoms with van der Waals surface area (Å²) in [7, 11) is 1.80. The van der Waals surface area contributed by atoms with Crippen LogP contribution in [-0.4, -0.2) is 11.2 Å². The highest BCUT2D eigenvalue weighted by molar-refractivity contribution is 5.94. The highest BCUT2D eigenvalue weighted by Crippen LogP contribution is 2.29. The topological polar surface area (TPSA) is 31.2 Å². The van der Waals surface area contributed by atoms with Crippen molar-refractivity contribution in [3.8, 4) is 16.9 Å². The van der Waals surface area contributed by atoms with Crippen LogP contribution in [0.4, 0.5) is 0 Å². The molecular weight excluding hydrogens is 274 g/mol. The fourth-order valence-electron chi connectivity index (χ4n) is 2.62. The van der Waals surface area contributed by atoms with Gasteiger partial charge in [0, 0.05) is 18.5 Å². The standard InChI is InChI=1S/C19H19NO2/c1-3-11-22-15-8-6-7-14(12-15)17-13-19(21)20(2)18-10-5-4-9-16(17)18/h4-10,12-13H,3,11H2,1-2H3. The molecule has 112 valence electrons. The second kappa shape index (κ2) is 6.06. The summed E-state index contributed by atoms with van der Waals surface area (Å²) in [5.41, 5.74) is 2.88. The number of aryl methyl sites for hydroxylation is 1. The van der Waals surface area contributed by atoms with E-state index >= 15 is 0 Å². The summed E-state index contributed by atoms with van der Waals surface area (Å²) in [6.45, 7) is 2.78. The molecule has 3 nitrogen and oxygen atoms in total. The van der Waals surface area contributed by atoms with Crippen molar-refractivity contribution >= 4 is 10.9 Å². The molecule has 0 fully saturated rings. The lowest BCUT2D eigenvalue weighted by atomic mass is 10.0. The molecule has 0 aliphatic carbocycles. The Bertz CT molecular complexity index is 865. The molecule has 0 amide bonds.